The maximum Gasteiger partial charge on any atom is 0.189 e. The summed E-state index contributed by atoms with van der Waals surface area (Å²) in [6.45, 7) is -2.58. The van der Waals surface area contributed by atoms with Gasteiger partial charge in [-0.05, 0) is 0 Å². The number of aliphatic hydroxyl groups is 10. The second kappa shape index (κ2) is 13.6. The zero-order valence-corrected chi connectivity index (χ0v) is 19.8. The molecule has 17 nitrogen and oxygen atoms in total. The Morgan fingerprint density at radius 3 is 1.38 bits per heavy atom. The molecular weight excluding hydrogens is 512 g/mol. The molecule has 3 heterocycles. The van der Waals surface area contributed by atoms with Crippen LogP contribution < -0.4 is 0 Å². The van der Waals surface area contributed by atoms with Gasteiger partial charge in [-0.25, -0.2) is 0 Å². The Morgan fingerprint density at radius 1 is 0.514 bits per heavy atom. The van der Waals surface area contributed by atoms with E-state index in [9.17, 15) is 51.1 Å². The van der Waals surface area contributed by atoms with Crippen LogP contribution in [0.5, 0.6) is 0 Å². The van der Waals surface area contributed by atoms with Crippen LogP contribution in [0.15, 0.2) is 0 Å². The standard InChI is InChI=1S/C20H36O17/c1-31-5-32-18-14(29)16(10(25)7(3-22)33-18)37-20-15(30)17(11(26)8(4-23)35-20)36-19-13(28)12(27)9(24)6(2-21)34-19/h6-30H,2-5H2,1H3/t6?,7?,8?,9?,10?,11?,12?,13?,14?,15?,16-,17?,18?,19?,20?/m0/s1. The lowest BCUT2D eigenvalue weighted by Gasteiger charge is -2.48. The van der Waals surface area contributed by atoms with Gasteiger partial charge in [-0.2, -0.15) is 0 Å². The summed E-state index contributed by atoms with van der Waals surface area (Å²) in [5.74, 6) is 0. The predicted octanol–water partition coefficient (Wildman–Crippen LogP) is -6.94. The Morgan fingerprint density at radius 2 is 0.919 bits per heavy atom. The van der Waals surface area contributed by atoms with Gasteiger partial charge >= 0.3 is 0 Å². The highest BCUT2D eigenvalue weighted by molar-refractivity contribution is 4.96. The molecule has 37 heavy (non-hydrogen) atoms. The lowest BCUT2D eigenvalue weighted by molar-refractivity contribution is -0.382. The van der Waals surface area contributed by atoms with Crippen LogP contribution in [0, 0.1) is 0 Å². The Kier molecular flexibility index (Phi) is 11.3. The van der Waals surface area contributed by atoms with Crippen LogP contribution in [-0.4, -0.2) is 177 Å². The molecule has 0 radical (unpaired) electrons. The molecule has 0 aromatic carbocycles. The second-order valence-corrected chi connectivity index (χ2v) is 8.89. The molecule has 0 aromatic heterocycles. The highest BCUT2D eigenvalue weighted by atomic mass is 16.8. The number of rotatable bonds is 10. The molecule has 3 aliphatic rings. The highest BCUT2D eigenvalue weighted by Gasteiger charge is 2.53. The van der Waals surface area contributed by atoms with Crippen molar-refractivity contribution in [2.24, 2.45) is 0 Å². The minimum atomic E-state index is -1.90. The summed E-state index contributed by atoms with van der Waals surface area (Å²) in [5.41, 5.74) is 0. The quantitative estimate of drug-likeness (QED) is 0.114. The molecule has 0 saturated carbocycles. The summed E-state index contributed by atoms with van der Waals surface area (Å²) in [6.07, 6.45) is -24.6. The lowest BCUT2D eigenvalue weighted by Crippen LogP contribution is -2.67. The van der Waals surface area contributed by atoms with Crippen LogP contribution >= 0.6 is 0 Å². The summed E-state index contributed by atoms with van der Waals surface area (Å²) in [4.78, 5) is 0. The Labute approximate surface area is 210 Å². The fourth-order valence-electron chi connectivity index (χ4n) is 4.30. The van der Waals surface area contributed by atoms with E-state index >= 15 is 0 Å². The molecule has 10 N–H and O–H groups in total. The normalized spacial score (nSPS) is 49.2. The molecule has 0 aliphatic carbocycles. The molecule has 0 bridgehead atoms. The lowest BCUT2D eigenvalue weighted by atomic mass is 9.96. The van der Waals surface area contributed by atoms with Crippen molar-refractivity contribution in [2.45, 2.75) is 92.1 Å². The van der Waals surface area contributed by atoms with Gasteiger partial charge in [-0.15, -0.1) is 0 Å². The zero-order chi connectivity index (χ0) is 27.4. The molecule has 3 aliphatic heterocycles. The molecule has 3 fully saturated rings. The molecule has 0 amide bonds. The summed E-state index contributed by atoms with van der Waals surface area (Å²) in [5, 5.41) is 101. The topological polar surface area (TPSA) is 267 Å². The van der Waals surface area contributed by atoms with Crippen LogP contribution in [0.3, 0.4) is 0 Å². The molecule has 14 unspecified atom stereocenters. The molecule has 17 heteroatoms. The first-order valence-electron chi connectivity index (χ1n) is 11.6. The molecule has 3 saturated heterocycles. The molecule has 15 atom stereocenters. The van der Waals surface area contributed by atoms with E-state index in [1.165, 1.54) is 7.11 Å². The van der Waals surface area contributed by atoms with Gasteiger partial charge in [0.15, 0.2) is 18.9 Å². The monoisotopic (exact) mass is 548 g/mol. The minimum Gasteiger partial charge on any atom is -0.394 e. The van der Waals surface area contributed by atoms with Gasteiger partial charge in [-0.1, -0.05) is 0 Å². The van der Waals surface area contributed by atoms with E-state index < -0.39 is 112 Å². The van der Waals surface area contributed by atoms with Gasteiger partial charge in [0.25, 0.3) is 0 Å². The average Bonchev–Trinajstić information content (AvgIpc) is 2.89. The Hall–Kier alpha value is -0.680. The van der Waals surface area contributed by atoms with Crippen molar-refractivity contribution < 1.29 is 84.2 Å². The SMILES string of the molecule is COCOC1OC(CO)C(O)[C@H](OC2OC(CO)C(O)C(OC3OC(CO)C(O)C(O)C3O)C2O)C1O. The van der Waals surface area contributed by atoms with Crippen LogP contribution in [0.2, 0.25) is 0 Å². The van der Waals surface area contributed by atoms with Crippen molar-refractivity contribution in [2.75, 3.05) is 33.7 Å². The fraction of sp³-hybridized carbons (Fsp3) is 1.00. The van der Waals surface area contributed by atoms with Gasteiger partial charge in [0.05, 0.1) is 19.8 Å². The van der Waals surface area contributed by atoms with Gasteiger partial charge in [0.1, 0.15) is 80.0 Å². The van der Waals surface area contributed by atoms with Crippen molar-refractivity contribution >= 4 is 0 Å². The number of ether oxygens (including phenoxy) is 7. The Balaban J connectivity index is 1.78. The third-order valence-corrected chi connectivity index (χ3v) is 6.42. The fourth-order valence-corrected chi connectivity index (χ4v) is 4.30. The van der Waals surface area contributed by atoms with Gasteiger partial charge < -0.3 is 84.2 Å². The van der Waals surface area contributed by atoms with E-state index in [2.05, 4.69) is 0 Å². The van der Waals surface area contributed by atoms with E-state index in [0.29, 0.717) is 0 Å². The van der Waals surface area contributed by atoms with E-state index in [-0.39, 0.29) is 6.79 Å². The van der Waals surface area contributed by atoms with Crippen LogP contribution in [0.4, 0.5) is 0 Å². The maximum absolute atomic E-state index is 10.9. The molecule has 0 spiro atoms. The third-order valence-electron chi connectivity index (χ3n) is 6.42. The highest BCUT2D eigenvalue weighted by Crippen LogP contribution is 2.32. The average molecular weight is 548 g/mol. The molecule has 0 aromatic rings. The molecule has 218 valence electrons. The second-order valence-electron chi connectivity index (χ2n) is 8.89. The van der Waals surface area contributed by atoms with Crippen molar-refractivity contribution in [1.29, 1.82) is 0 Å². The summed E-state index contributed by atoms with van der Waals surface area (Å²) in [7, 11) is 1.31. The van der Waals surface area contributed by atoms with Crippen LogP contribution in [0.25, 0.3) is 0 Å². The van der Waals surface area contributed by atoms with Crippen molar-refractivity contribution in [3.8, 4) is 0 Å². The van der Waals surface area contributed by atoms with Crippen molar-refractivity contribution in [3.63, 3.8) is 0 Å². The first-order valence-corrected chi connectivity index (χ1v) is 11.6. The van der Waals surface area contributed by atoms with Crippen molar-refractivity contribution in [1.82, 2.24) is 0 Å². The van der Waals surface area contributed by atoms with E-state index in [4.69, 9.17) is 33.2 Å². The van der Waals surface area contributed by atoms with Gasteiger partial charge in [-0.3, -0.25) is 0 Å². The maximum atomic E-state index is 10.9. The first-order chi connectivity index (χ1) is 17.6. The number of hydrogen-bond acceptors (Lipinski definition) is 17. The molecular formula is C20H36O17. The van der Waals surface area contributed by atoms with Crippen LogP contribution in [0.1, 0.15) is 0 Å². The van der Waals surface area contributed by atoms with Crippen molar-refractivity contribution in [3.05, 3.63) is 0 Å². The van der Waals surface area contributed by atoms with E-state index in [0.717, 1.165) is 0 Å². The minimum absolute atomic E-state index is 0.320. The predicted molar refractivity (Wildman–Crippen MR) is 112 cm³/mol. The smallest absolute Gasteiger partial charge is 0.189 e. The van der Waals surface area contributed by atoms with Gasteiger partial charge in [0, 0.05) is 7.11 Å². The Bertz CT molecular complexity index is 685. The number of methoxy groups -OCH3 is 1. The largest absolute Gasteiger partial charge is 0.394 e. The summed E-state index contributed by atoms with van der Waals surface area (Å²) >= 11 is 0. The summed E-state index contributed by atoms with van der Waals surface area (Å²) in [6, 6.07) is 0. The zero-order valence-electron chi connectivity index (χ0n) is 19.8. The van der Waals surface area contributed by atoms with E-state index in [1.54, 1.807) is 0 Å². The summed E-state index contributed by atoms with van der Waals surface area (Å²) < 4.78 is 37.0. The van der Waals surface area contributed by atoms with E-state index in [1.807, 2.05) is 0 Å². The molecule has 3 rings (SSSR count). The third kappa shape index (κ3) is 6.56. The first kappa shape index (κ1) is 30.9. The van der Waals surface area contributed by atoms with Crippen LogP contribution in [-0.2, 0) is 33.2 Å². The number of hydrogen-bond donors (Lipinski definition) is 10. The van der Waals surface area contributed by atoms with Gasteiger partial charge in [0.2, 0.25) is 0 Å². The number of aliphatic hydroxyl groups excluding tert-OH is 10.